The SMILES string of the molecule is CC(C)CCC(C)n1c(N)nnc1SCC(=O)O. The lowest BCUT2D eigenvalue weighted by Crippen LogP contribution is -2.12. The van der Waals surface area contributed by atoms with Crippen LogP contribution >= 0.6 is 11.8 Å². The Morgan fingerprint density at radius 3 is 2.61 bits per heavy atom. The highest BCUT2D eigenvalue weighted by atomic mass is 32.2. The average Bonchev–Trinajstić information content (AvgIpc) is 2.64. The van der Waals surface area contributed by atoms with Gasteiger partial charge in [-0.3, -0.25) is 9.36 Å². The van der Waals surface area contributed by atoms with Crippen LogP contribution in [0.15, 0.2) is 5.16 Å². The van der Waals surface area contributed by atoms with Crippen LogP contribution in [0.1, 0.15) is 39.7 Å². The predicted octanol–water partition coefficient (Wildman–Crippen LogP) is 2.03. The number of aliphatic carboxylic acids is 1. The zero-order chi connectivity index (χ0) is 13.7. The third-order valence-electron chi connectivity index (χ3n) is 2.62. The van der Waals surface area contributed by atoms with Crippen molar-refractivity contribution in [2.75, 3.05) is 11.5 Å². The second kappa shape index (κ2) is 6.63. The van der Waals surface area contributed by atoms with E-state index in [2.05, 4.69) is 24.0 Å². The highest BCUT2D eigenvalue weighted by molar-refractivity contribution is 7.99. The van der Waals surface area contributed by atoms with Crippen molar-refractivity contribution in [3.05, 3.63) is 0 Å². The minimum Gasteiger partial charge on any atom is -0.481 e. The zero-order valence-electron chi connectivity index (χ0n) is 11.0. The Balaban J connectivity index is 2.73. The van der Waals surface area contributed by atoms with Crippen LogP contribution in [0.4, 0.5) is 5.95 Å². The lowest BCUT2D eigenvalue weighted by atomic mass is 10.0. The van der Waals surface area contributed by atoms with Gasteiger partial charge in [0.1, 0.15) is 0 Å². The summed E-state index contributed by atoms with van der Waals surface area (Å²) in [6.45, 7) is 6.39. The summed E-state index contributed by atoms with van der Waals surface area (Å²) < 4.78 is 1.82. The number of nitrogen functional groups attached to an aromatic ring is 1. The fourth-order valence-corrected chi connectivity index (χ4v) is 2.39. The van der Waals surface area contributed by atoms with Crippen LogP contribution in [0.5, 0.6) is 0 Å². The Labute approximate surface area is 111 Å². The molecule has 1 heterocycles. The summed E-state index contributed by atoms with van der Waals surface area (Å²) in [5.41, 5.74) is 5.78. The normalized spacial score (nSPS) is 12.9. The third-order valence-corrected chi connectivity index (χ3v) is 3.55. The van der Waals surface area contributed by atoms with E-state index >= 15 is 0 Å². The first kappa shape index (κ1) is 14.8. The number of thioether (sulfide) groups is 1. The number of hydrogen-bond acceptors (Lipinski definition) is 5. The molecule has 1 aromatic rings. The van der Waals surface area contributed by atoms with Crippen LogP contribution in [-0.2, 0) is 4.79 Å². The van der Waals surface area contributed by atoms with E-state index in [1.165, 1.54) is 0 Å². The molecule has 0 aliphatic heterocycles. The maximum Gasteiger partial charge on any atom is 0.313 e. The number of rotatable bonds is 7. The Hall–Kier alpha value is -1.24. The monoisotopic (exact) mass is 272 g/mol. The van der Waals surface area contributed by atoms with Gasteiger partial charge in [-0.05, 0) is 25.7 Å². The fraction of sp³-hybridized carbons (Fsp3) is 0.727. The van der Waals surface area contributed by atoms with Gasteiger partial charge in [0.25, 0.3) is 0 Å². The summed E-state index contributed by atoms with van der Waals surface area (Å²) in [4.78, 5) is 10.6. The molecule has 6 nitrogen and oxygen atoms in total. The Morgan fingerprint density at radius 1 is 1.39 bits per heavy atom. The number of carboxylic acids is 1. The van der Waals surface area contributed by atoms with Crippen molar-refractivity contribution in [1.29, 1.82) is 0 Å². The summed E-state index contributed by atoms with van der Waals surface area (Å²) in [6, 6.07) is 0.179. The Bertz CT molecular complexity index is 406. The number of hydrogen-bond donors (Lipinski definition) is 2. The fourth-order valence-electron chi connectivity index (χ4n) is 1.63. The van der Waals surface area contributed by atoms with E-state index in [0.717, 1.165) is 24.6 Å². The maximum absolute atomic E-state index is 10.6. The van der Waals surface area contributed by atoms with Crippen LogP contribution < -0.4 is 5.73 Å². The molecule has 0 amide bonds. The average molecular weight is 272 g/mol. The molecule has 1 unspecified atom stereocenters. The minimum atomic E-state index is -0.872. The Kier molecular flexibility index (Phi) is 5.46. The lowest BCUT2D eigenvalue weighted by molar-refractivity contribution is -0.133. The van der Waals surface area contributed by atoms with Gasteiger partial charge in [-0.1, -0.05) is 25.6 Å². The molecule has 1 aromatic heterocycles. The third kappa shape index (κ3) is 4.21. The van der Waals surface area contributed by atoms with Crippen molar-refractivity contribution in [3.63, 3.8) is 0 Å². The van der Waals surface area contributed by atoms with Gasteiger partial charge in [0.2, 0.25) is 5.95 Å². The smallest absolute Gasteiger partial charge is 0.313 e. The molecular formula is C11H20N4O2S. The van der Waals surface area contributed by atoms with Gasteiger partial charge in [0, 0.05) is 6.04 Å². The molecule has 0 aliphatic rings. The molecule has 0 bridgehead atoms. The van der Waals surface area contributed by atoms with Gasteiger partial charge in [0.05, 0.1) is 5.75 Å². The zero-order valence-corrected chi connectivity index (χ0v) is 11.8. The van der Waals surface area contributed by atoms with E-state index in [0.29, 0.717) is 17.0 Å². The topological polar surface area (TPSA) is 94.0 Å². The van der Waals surface area contributed by atoms with E-state index in [9.17, 15) is 4.79 Å². The van der Waals surface area contributed by atoms with Gasteiger partial charge < -0.3 is 10.8 Å². The number of carboxylic acid groups (broad SMARTS) is 1. The first-order chi connectivity index (χ1) is 8.41. The van der Waals surface area contributed by atoms with Gasteiger partial charge in [-0.25, -0.2) is 0 Å². The molecule has 0 aromatic carbocycles. The number of aromatic nitrogens is 3. The maximum atomic E-state index is 10.6. The van der Waals surface area contributed by atoms with Gasteiger partial charge in [0.15, 0.2) is 5.16 Å². The van der Waals surface area contributed by atoms with E-state index in [1.54, 1.807) is 0 Å². The molecule has 1 rings (SSSR count). The van der Waals surface area contributed by atoms with Crippen molar-refractivity contribution < 1.29 is 9.90 Å². The van der Waals surface area contributed by atoms with Crippen LogP contribution in [0, 0.1) is 5.92 Å². The second-order valence-electron chi connectivity index (χ2n) is 4.71. The molecule has 0 spiro atoms. The standard InChI is InChI=1S/C11H20N4O2S/c1-7(2)4-5-8(3)15-10(12)13-14-11(15)18-6-9(16)17/h7-8H,4-6H2,1-3H3,(H2,12,13)(H,16,17). The molecule has 7 heteroatoms. The quantitative estimate of drug-likeness (QED) is 0.738. The molecule has 0 aliphatic carbocycles. The van der Waals surface area contributed by atoms with Crippen LogP contribution in [0.3, 0.4) is 0 Å². The molecular weight excluding hydrogens is 252 g/mol. The molecule has 1 atom stereocenters. The van der Waals surface area contributed by atoms with Crippen molar-refractivity contribution >= 4 is 23.7 Å². The van der Waals surface area contributed by atoms with Crippen molar-refractivity contribution in [2.24, 2.45) is 5.92 Å². The molecule has 0 radical (unpaired) electrons. The van der Waals surface area contributed by atoms with E-state index in [1.807, 2.05) is 11.5 Å². The minimum absolute atomic E-state index is 0.0327. The van der Waals surface area contributed by atoms with Crippen LogP contribution in [-0.4, -0.2) is 31.6 Å². The highest BCUT2D eigenvalue weighted by Crippen LogP contribution is 2.26. The summed E-state index contributed by atoms with van der Waals surface area (Å²) in [7, 11) is 0. The summed E-state index contributed by atoms with van der Waals surface area (Å²) in [5, 5.41) is 17.0. The number of anilines is 1. The first-order valence-electron chi connectivity index (χ1n) is 5.96. The molecule has 3 N–H and O–H groups in total. The molecule has 0 saturated carbocycles. The van der Waals surface area contributed by atoms with Gasteiger partial charge in [-0.2, -0.15) is 0 Å². The van der Waals surface area contributed by atoms with Crippen molar-refractivity contribution in [2.45, 2.75) is 44.8 Å². The number of nitrogens with zero attached hydrogens (tertiary/aromatic N) is 3. The lowest BCUT2D eigenvalue weighted by Gasteiger charge is -2.17. The van der Waals surface area contributed by atoms with E-state index < -0.39 is 5.97 Å². The number of carbonyl (C=O) groups is 1. The van der Waals surface area contributed by atoms with Gasteiger partial charge >= 0.3 is 5.97 Å². The van der Waals surface area contributed by atoms with Crippen molar-refractivity contribution in [1.82, 2.24) is 14.8 Å². The van der Waals surface area contributed by atoms with E-state index in [4.69, 9.17) is 10.8 Å². The van der Waals surface area contributed by atoms with Crippen LogP contribution in [0.2, 0.25) is 0 Å². The first-order valence-corrected chi connectivity index (χ1v) is 6.95. The molecule has 102 valence electrons. The summed E-state index contributed by atoms with van der Waals surface area (Å²) in [6.07, 6.45) is 2.06. The number of nitrogens with two attached hydrogens (primary N) is 1. The highest BCUT2D eigenvalue weighted by Gasteiger charge is 2.17. The summed E-state index contributed by atoms with van der Waals surface area (Å²) in [5.74, 6) is 0.0667. The van der Waals surface area contributed by atoms with E-state index in [-0.39, 0.29) is 11.8 Å². The summed E-state index contributed by atoms with van der Waals surface area (Å²) >= 11 is 1.15. The molecule has 0 fully saturated rings. The van der Waals surface area contributed by atoms with Crippen molar-refractivity contribution in [3.8, 4) is 0 Å². The predicted molar refractivity (Wildman–Crippen MR) is 71.6 cm³/mol. The molecule has 18 heavy (non-hydrogen) atoms. The van der Waals surface area contributed by atoms with Gasteiger partial charge in [-0.15, -0.1) is 10.2 Å². The largest absolute Gasteiger partial charge is 0.481 e. The van der Waals surface area contributed by atoms with Crippen LogP contribution in [0.25, 0.3) is 0 Å². The second-order valence-corrected chi connectivity index (χ2v) is 5.66. The molecule has 0 saturated heterocycles. The Morgan fingerprint density at radius 2 is 2.06 bits per heavy atom.